The van der Waals surface area contributed by atoms with Crippen molar-refractivity contribution in [3.8, 4) is 0 Å². The molecule has 0 aromatic carbocycles. The van der Waals surface area contributed by atoms with E-state index in [0.29, 0.717) is 6.42 Å². The van der Waals surface area contributed by atoms with Gasteiger partial charge in [-0.3, -0.25) is 19.2 Å². The van der Waals surface area contributed by atoms with Crippen LogP contribution in [0.15, 0.2) is 0 Å². The minimum Gasteiger partial charge on any atom is -0.480 e. The lowest BCUT2D eigenvalue weighted by molar-refractivity contribution is -0.141. The van der Waals surface area contributed by atoms with Crippen molar-refractivity contribution < 1.29 is 49.8 Å². The van der Waals surface area contributed by atoms with Crippen molar-refractivity contribution >= 4 is 35.6 Å². The van der Waals surface area contributed by atoms with Crippen LogP contribution in [0.4, 0.5) is 0 Å². The summed E-state index contributed by atoms with van der Waals surface area (Å²) in [6.45, 7) is 0.550. The first-order valence-electron chi connectivity index (χ1n) is 7.84. The van der Waals surface area contributed by atoms with Crippen LogP contribution in [0.1, 0.15) is 13.3 Å². The molecule has 0 aromatic rings. The number of aliphatic hydroxyl groups excluding tert-OH is 2. The molecule has 0 rings (SSSR count). The molecule has 0 saturated heterocycles. The smallest absolute Gasteiger partial charge is 0.323 e. The van der Waals surface area contributed by atoms with Gasteiger partial charge in [0.1, 0.15) is 18.1 Å². The fraction of sp³-hybridized carbons (Fsp3) is 0.714. The molecule has 4 atom stereocenters. The molecular formula is C14H32N4O10S. The van der Waals surface area contributed by atoms with E-state index in [1.165, 1.54) is 6.92 Å². The Morgan fingerprint density at radius 1 is 0.897 bits per heavy atom. The monoisotopic (exact) mass is 448 g/mol. The maximum Gasteiger partial charge on any atom is 0.323 e. The van der Waals surface area contributed by atoms with Gasteiger partial charge in [-0.1, -0.05) is 0 Å². The highest BCUT2D eigenvalue weighted by molar-refractivity contribution is 7.98. The van der Waals surface area contributed by atoms with E-state index in [2.05, 4.69) is 5.73 Å². The topological polar surface area (TPSA) is 294 Å². The predicted octanol–water partition coefficient (Wildman–Crippen LogP) is -3.65. The maximum absolute atomic E-state index is 10.1. The van der Waals surface area contributed by atoms with E-state index in [1.807, 2.05) is 6.26 Å². The van der Waals surface area contributed by atoms with Gasteiger partial charge in [0.2, 0.25) is 0 Å². The van der Waals surface area contributed by atoms with Gasteiger partial charge in [0.05, 0.1) is 19.3 Å². The molecule has 0 aliphatic carbocycles. The lowest BCUT2D eigenvalue weighted by Crippen LogP contribution is -2.39. The number of nitrogens with two attached hydrogens (primary N) is 4. The zero-order chi connectivity index (χ0) is 24.2. The van der Waals surface area contributed by atoms with Crippen molar-refractivity contribution in [1.82, 2.24) is 0 Å². The Labute approximate surface area is 171 Å². The molecule has 0 aliphatic rings. The maximum atomic E-state index is 10.1. The number of rotatable bonds is 9. The van der Waals surface area contributed by atoms with Gasteiger partial charge in [-0.05, 0) is 25.4 Å². The summed E-state index contributed by atoms with van der Waals surface area (Å²) in [6.07, 6.45) is 1.50. The number of hydrogen-bond acceptors (Lipinski definition) is 11. The van der Waals surface area contributed by atoms with Crippen molar-refractivity contribution in [2.24, 2.45) is 22.9 Å². The van der Waals surface area contributed by atoms with Crippen LogP contribution in [0.3, 0.4) is 0 Å². The number of aliphatic carboxylic acids is 4. The Morgan fingerprint density at radius 3 is 1.38 bits per heavy atom. The minimum absolute atomic E-state index is 0.278. The highest BCUT2D eigenvalue weighted by atomic mass is 32.2. The molecule has 0 unspecified atom stereocenters. The molecule has 0 aromatic heterocycles. The van der Waals surface area contributed by atoms with Crippen LogP contribution in [0, 0.1) is 0 Å². The first-order chi connectivity index (χ1) is 13.2. The van der Waals surface area contributed by atoms with E-state index in [9.17, 15) is 19.2 Å². The highest BCUT2D eigenvalue weighted by Crippen LogP contribution is 1.97. The number of carboxylic acids is 4. The van der Waals surface area contributed by atoms with Gasteiger partial charge in [0.25, 0.3) is 0 Å². The molecule has 0 amide bonds. The lowest BCUT2D eigenvalue weighted by atomic mass is 10.2. The predicted molar refractivity (Wildman–Crippen MR) is 105 cm³/mol. The van der Waals surface area contributed by atoms with Crippen LogP contribution in [0.25, 0.3) is 0 Å². The molecule has 0 heterocycles. The van der Waals surface area contributed by atoms with Gasteiger partial charge in [-0.2, -0.15) is 11.8 Å². The SMILES string of the molecule is CSCC[C@H](N)C(=O)O.C[C@@H](O)[C@H](N)C(=O)O.NCC(=O)O.N[C@@H](CO)C(=O)O. The third kappa shape index (κ3) is 30.9. The molecule has 0 fully saturated rings. The third-order valence-electron chi connectivity index (χ3n) is 2.44. The summed E-state index contributed by atoms with van der Waals surface area (Å²) in [5.41, 5.74) is 19.4. The second kappa shape index (κ2) is 22.3. The highest BCUT2D eigenvalue weighted by Gasteiger charge is 2.16. The zero-order valence-electron chi connectivity index (χ0n) is 16.2. The van der Waals surface area contributed by atoms with Crippen LogP contribution >= 0.6 is 11.8 Å². The van der Waals surface area contributed by atoms with E-state index in [1.54, 1.807) is 11.8 Å². The molecule has 14 N–H and O–H groups in total. The molecule has 14 nitrogen and oxygen atoms in total. The van der Waals surface area contributed by atoms with Gasteiger partial charge in [-0.15, -0.1) is 0 Å². The van der Waals surface area contributed by atoms with Crippen LogP contribution in [0.2, 0.25) is 0 Å². The molecule has 174 valence electrons. The Hall–Kier alpha value is -2.01. The number of aliphatic hydroxyl groups is 2. The van der Waals surface area contributed by atoms with Crippen LogP contribution < -0.4 is 22.9 Å². The van der Waals surface area contributed by atoms with Crippen molar-refractivity contribution in [2.75, 3.05) is 25.2 Å². The fourth-order valence-electron chi connectivity index (χ4n) is 0.653. The average Bonchev–Trinajstić information content (AvgIpc) is 2.65. The van der Waals surface area contributed by atoms with E-state index in [0.717, 1.165) is 5.75 Å². The molecule has 0 saturated carbocycles. The second-order valence-corrected chi connectivity index (χ2v) is 6.04. The van der Waals surface area contributed by atoms with Gasteiger partial charge < -0.3 is 53.6 Å². The largest absolute Gasteiger partial charge is 0.480 e. The summed E-state index contributed by atoms with van der Waals surface area (Å²) in [7, 11) is 0. The molecular weight excluding hydrogens is 416 g/mol. The first-order valence-corrected chi connectivity index (χ1v) is 9.23. The Balaban J connectivity index is -0.000000147. The summed E-state index contributed by atoms with van der Waals surface area (Å²) in [4.78, 5) is 38.8. The van der Waals surface area contributed by atoms with Crippen LogP contribution in [0.5, 0.6) is 0 Å². The molecule has 0 radical (unpaired) electrons. The third-order valence-corrected chi connectivity index (χ3v) is 3.09. The fourth-order valence-corrected chi connectivity index (χ4v) is 1.14. The van der Waals surface area contributed by atoms with Crippen LogP contribution in [-0.4, -0.2) is 104 Å². The summed E-state index contributed by atoms with van der Waals surface area (Å²) in [5, 5.41) is 48.3. The first kappa shape index (κ1) is 34.5. The van der Waals surface area contributed by atoms with Crippen LogP contribution in [-0.2, 0) is 19.2 Å². The molecule has 0 bridgehead atoms. The second-order valence-electron chi connectivity index (χ2n) is 5.06. The van der Waals surface area contributed by atoms with E-state index < -0.39 is 54.7 Å². The number of carbonyl (C=O) groups is 4. The Morgan fingerprint density at radius 2 is 1.28 bits per heavy atom. The summed E-state index contributed by atoms with van der Waals surface area (Å²) in [6, 6.07) is -2.97. The van der Waals surface area contributed by atoms with Gasteiger partial charge in [0.15, 0.2) is 0 Å². The van der Waals surface area contributed by atoms with E-state index >= 15 is 0 Å². The zero-order valence-corrected chi connectivity index (χ0v) is 17.0. The minimum atomic E-state index is -1.18. The average molecular weight is 448 g/mol. The quantitative estimate of drug-likeness (QED) is 0.162. The molecule has 0 spiro atoms. The number of hydrogen-bond donors (Lipinski definition) is 10. The van der Waals surface area contributed by atoms with Crippen molar-refractivity contribution in [2.45, 2.75) is 37.6 Å². The normalized spacial score (nSPS) is 13.4. The van der Waals surface area contributed by atoms with Gasteiger partial charge in [-0.25, -0.2) is 0 Å². The molecule has 15 heteroatoms. The molecule has 0 aliphatic heterocycles. The van der Waals surface area contributed by atoms with E-state index in [-0.39, 0.29) is 6.54 Å². The standard InChI is InChI=1S/C5H11NO2S.C4H9NO3.C3H7NO3.C2H5NO2/c1-9-3-2-4(6)5(7)8;1-2(6)3(5)4(7)8;4-2(1-5)3(6)7;3-1-2(4)5/h4H,2-3,6H2,1H3,(H,7,8);2-3,6H,5H2,1H3,(H,7,8);2,5H,1,4H2,(H,6,7);1,3H2,(H,4,5)/t4-;2-,3+;2-;/m010./s1. The number of thioether (sulfide) groups is 1. The Bertz CT molecular complexity index is 468. The summed E-state index contributed by atoms with van der Waals surface area (Å²) in [5.74, 6) is -3.43. The van der Waals surface area contributed by atoms with Gasteiger partial charge in [0, 0.05) is 0 Å². The van der Waals surface area contributed by atoms with E-state index in [4.69, 9.17) is 47.8 Å². The summed E-state index contributed by atoms with van der Waals surface area (Å²) < 4.78 is 0. The Kier molecular flexibility index (Phi) is 26.5. The number of carboxylic acid groups (broad SMARTS) is 4. The van der Waals surface area contributed by atoms with Gasteiger partial charge >= 0.3 is 23.9 Å². The summed E-state index contributed by atoms with van der Waals surface area (Å²) >= 11 is 1.60. The molecule has 29 heavy (non-hydrogen) atoms. The lowest BCUT2D eigenvalue weighted by Gasteiger charge is -2.06. The van der Waals surface area contributed by atoms with Crippen molar-refractivity contribution in [1.29, 1.82) is 0 Å². The van der Waals surface area contributed by atoms with Crippen molar-refractivity contribution in [3.05, 3.63) is 0 Å². The van der Waals surface area contributed by atoms with Crippen molar-refractivity contribution in [3.63, 3.8) is 0 Å².